The highest BCUT2D eigenvalue weighted by Crippen LogP contribution is 2.28. The van der Waals surface area contributed by atoms with Crippen LogP contribution < -0.4 is 9.47 Å². The Labute approximate surface area is 135 Å². The van der Waals surface area contributed by atoms with Gasteiger partial charge in [0.1, 0.15) is 0 Å². The van der Waals surface area contributed by atoms with E-state index in [1.807, 2.05) is 37.3 Å². The number of rotatable bonds is 7. The van der Waals surface area contributed by atoms with Gasteiger partial charge < -0.3 is 9.47 Å². The van der Waals surface area contributed by atoms with Gasteiger partial charge in [-0.25, -0.2) is 0 Å². The fourth-order valence-corrected chi connectivity index (χ4v) is 2.89. The Morgan fingerprint density at radius 3 is 2.64 bits per heavy atom. The van der Waals surface area contributed by atoms with Gasteiger partial charge in [0.2, 0.25) is 0 Å². The predicted octanol–water partition coefficient (Wildman–Crippen LogP) is 4.61. The Bertz CT molecular complexity index is 671. The molecule has 22 heavy (non-hydrogen) atoms. The lowest BCUT2D eigenvalue weighted by atomic mass is 10.1. The van der Waals surface area contributed by atoms with Gasteiger partial charge in [0.05, 0.1) is 18.6 Å². The van der Waals surface area contributed by atoms with Crippen LogP contribution in [0.2, 0.25) is 0 Å². The van der Waals surface area contributed by atoms with Crippen LogP contribution in [0, 0.1) is 0 Å². The zero-order chi connectivity index (χ0) is 15.9. The molecule has 0 saturated heterocycles. The number of aryl methyl sites for hydroxylation is 1. The van der Waals surface area contributed by atoms with Crippen LogP contribution in [0.5, 0.6) is 11.5 Å². The lowest BCUT2D eigenvalue weighted by Crippen LogP contribution is -1.95. The Morgan fingerprint density at radius 2 is 2.00 bits per heavy atom. The Hall–Kier alpha value is -2.07. The number of ether oxygens (including phenoxy) is 2. The van der Waals surface area contributed by atoms with Crippen molar-refractivity contribution in [1.29, 1.82) is 0 Å². The zero-order valence-corrected chi connectivity index (χ0v) is 13.9. The van der Waals surface area contributed by atoms with E-state index >= 15 is 0 Å². The minimum atomic E-state index is 0.0264. The number of carbonyl (C=O) groups excluding carboxylic acids is 1. The first-order valence-corrected chi connectivity index (χ1v) is 8.11. The summed E-state index contributed by atoms with van der Waals surface area (Å²) >= 11 is 1.55. The summed E-state index contributed by atoms with van der Waals surface area (Å²) in [5.41, 5.74) is 0.907. The lowest BCUT2D eigenvalue weighted by molar-refractivity contribution is 0.105. The lowest BCUT2D eigenvalue weighted by Gasteiger charge is -2.09. The molecule has 0 bridgehead atoms. The molecule has 0 aliphatic heterocycles. The second-order valence-electron chi connectivity index (χ2n) is 4.66. The van der Waals surface area contributed by atoms with Gasteiger partial charge in [-0.15, -0.1) is 11.3 Å². The highest BCUT2D eigenvalue weighted by Gasteiger charge is 2.07. The van der Waals surface area contributed by atoms with Gasteiger partial charge in [0, 0.05) is 4.88 Å². The average molecular weight is 316 g/mol. The summed E-state index contributed by atoms with van der Waals surface area (Å²) in [5, 5.41) is 0. The molecule has 0 radical (unpaired) electrons. The van der Waals surface area contributed by atoms with E-state index in [0.717, 1.165) is 16.9 Å². The number of ketones is 1. The van der Waals surface area contributed by atoms with Gasteiger partial charge in [0.25, 0.3) is 0 Å². The maximum atomic E-state index is 12.1. The second-order valence-corrected chi connectivity index (χ2v) is 5.83. The molecule has 0 spiro atoms. The molecule has 116 valence electrons. The Kier molecular flexibility index (Phi) is 5.78. The summed E-state index contributed by atoms with van der Waals surface area (Å²) in [6.45, 7) is 4.58. The third-order valence-electron chi connectivity index (χ3n) is 3.17. The normalized spacial score (nSPS) is 10.9. The summed E-state index contributed by atoms with van der Waals surface area (Å²) in [6.07, 6.45) is 4.36. The maximum absolute atomic E-state index is 12.1. The van der Waals surface area contributed by atoms with Gasteiger partial charge in [-0.2, -0.15) is 0 Å². The van der Waals surface area contributed by atoms with E-state index in [2.05, 4.69) is 6.92 Å². The van der Waals surface area contributed by atoms with E-state index in [1.54, 1.807) is 30.6 Å². The maximum Gasteiger partial charge on any atom is 0.195 e. The summed E-state index contributed by atoms with van der Waals surface area (Å²) in [7, 11) is 1.61. The summed E-state index contributed by atoms with van der Waals surface area (Å²) in [5.74, 6) is 1.40. The number of hydrogen-bond donors (Lipinski definition) is 0. The van der Waals surface area contributed by atoms with Crippen molar-refractivity contribution in [2.75, 3.05) is 13.7 Å². The molecule has 1 heterocycles. The van der Waals surface area contributed by atoms with Crippen LogP contribution in [0.4, 0.5) is 0 Å². The molecule has 4 heteroatoms. The summed E-state index contributed by atoms with van der Waals surface area (Å²) in [6, 6.07) is 9.51. The average Bonchev–Trinajstić information content (AvgIpc) is 3.02. The van der Waals surface area contributed by atoms with Crippen molar-refractivity contribution in [3.63, 3.8) is 0 Å². The number of thiophene rings is 1. The monoisotopic (exact) mass is 316 g/mol. The molecule has 0 atom stereocenters. The third kappa shape index (κ3) is 3.98. The van der Waals surface area contributed by atoms with E-state index < -0.39 is 0 Å². The fraction of sp³-hybridized carbons (Fsp3) is 0.278. The van der Waals surface area contributed by atoms with E-state index in [1.165, 1.54) is 4.88 Å². The fourth-order valence-electron chi connectivity index (χ4n) is 2.02. The van der Waals surface area contributed by atoms with Crippen molar-refractivity contribution in [3.05, 3.63) is 51.7 Å². The largest absolute Gasteiger partial charge is 0.493 e. The quantitative estimate of drug-likeness (QED) is 0.552. The van der Waals surface area contributed by atoms with E-state index in [4.69, 9.17) is 9.47 Å². The molecule has 1 aromatic heterocycles. The van der Waals surface area contributed by atoms with Crippen LogP contribution in [-0.4, -0.2) is 19.5 Å². The van der Waals surface area contributed by atoms with Crippen molar-refractivity contribution >= 4 is 23.2 Å². The SMILES string of the molecule is CCOc1cc(/C=C/C(=O)c2ccc(CC)s2)ccc1OC. The first kappa shape index (κ1) is 16.3. The predicted molar refractivity (Wildman–Crippen MR) is 91.2 cm³/mol. The molecule has 0 saturated carbocycles. The molecular formula is C18H20O3S. The van der Waals surface area contributed by atoms with Crippen molar-refractivity contribution in [3.8, 4) is 11.5 Å². The number of hydrogen-bond acceptors (Lipinski definition) is 4. The van der Waals surface area contributed by atoms with Crippen LogP contribution in [0.3, 0.4) is 0 Å². The number of carbonyl (C=O) groups is 1. The Morgan fingerprint density at radius 1 is 1.18 bits per heavy atom. The first-order valence-electron chi connectivity index (χ1n) is 7.29. The minimum absolute atomic E-state index is 0.0264. The number of benzene rings is 1. The van der Waals surface area contributed by atoms with Crippen LogP contribution in [-0.2, 0) is 6.42 Å². The standard InChI is InChI=1S/C18H20O3S/c1-4-14-8-11-18(22-14)15(19)9-6-13-7-10-16(20-3)17(12-13)21-5-2/h6-12H,4-5H2,1-3H3/b9-6+. The molecule has 0 unspecified atom stereocenters. The van der Waals surface area contributed by atoms with Crippen molar-refractivity contribution in [2.24, 2.45) is 0 Å². The van der Waals surface area contributed by atoms with Crippen molar-refractivity contribution in [1.82, 2.24) is 0 Å². The molecule has 0 N–H and O–H groups in total. The highest BCUT2D eigenvalue weighted by molar-refractivity contribution is 7.14. The van der Waals surface area contributed by atoms with Crippen LogP contribution in [0.1, 0.15) is 34.0 Å². The molecule has 0 amide bonds. The number of allylic oxidation sites excluding steroid dienone is 1. The highest BCUT2D eigenvalue weighted by atomic mass is 32.1. The van der Waals surface area contributed by atoms with Crippen LogP contribution >= 0.6 is 11.3 Å². The van der Waals surface area contributed by atoms with Crippen LogP contribution in [0.15, 0.2) is 36.4 Å². The Balaban J connectivity index is 2.15. The molecule has 0 aliphatic carbocycles. The van der Waals surface area contributed by atoms with Crippen LogP contribution in [0.25, 0.3) is 6.08 Å². The molecule has 0 fully saturated rings. The van der Waals surface area contributed by atoms with Gasteiger partial charge in [-0.1, -0.05) is 19.1 Å². The van der Waals surface area contributed by atoms with Gasteiger partial charge in [-0.05, 0) is 49.2 Å². The zero-order valence-electron chi connectivity index (χ0n) is 13.1. The summed E-state index contributed by atoms with van der Waals surface area (Å²) < 4.78 is 10.8. The molecular weight excluding hydrogens is 296 g/mol. The molecule has 2 rings (SSSR count). The van der Waals surface area contributed by atoms with Crippen molar-refractivity contribution in [2.45, 2.75) is 20.3 Å². The van der Waals surface area contributed by atoms with E-state index in [9.17, 15) is 4.79 Å². The van der Waals surface area contributed by atoms with E-state index in [0.29, 0.717) is 18.1 Å². The van der Waals surface area contributed by atoms with Gasteiger partial charge in [0.15, 0.2) is 17.3 Å². The van der Waals surface area contributed by atoms with Gasteiger partial charge >= 0.3 is 0 Å². The second kappa shape index (κ2) is 7.80. The molecule has 3 nitrogen and oxygen atoms in total. The van der Waals surface area contributed by atoms with Crippen molar-refractivity contribution < 1.29 is 14.3 Å². The minimum Gasteiger partial charge on any atom is -0.493 e. The molecule has 1 aromatic carbocycles. The third-order valence-corrected chi connectivity index (χ3v) is 4.41. The van der Waals surface area contributed by atoms with E-state index in [-0.39, 0.29) is 5.78 Å². The smallest absolute Gasteiger partial charge is 0.195 e. The molecule has 2 aromatic rings. The topological polar surface area (TPSA) is 35.5 Å². The first-order chi connectivity index (χ1) is 10.7. The number of methoxy groups -OCH3 is 1. The summed E-state index contributed by atoms with van der Waals surface area (Å²) in [4.78, 5) is 14.1. The van der Waals surface area contributed by atoms with Gasteiger partial charge in [-0.3, -0.25) is 4.79 Å². The molecule has 0 aliphatic rings.